The number of imidazole rings is 1. The van der Waals surface area contributed by atoms with E-state index in [-0.39, 0.29) is 23.5 Å². The van der Waals surface area contributed by atoms with E-state index >= 15 is 0 Å². The molecule has 0 spiro atoms. The van der Waals surface area contributed by atoms with Crippen molar-refractivity contribution in [2.75, 3.05) is 16.8 Å². The lowest BCUT2D eigenvalue weighted by molar-refractivity contribution is 0.0958. The van der Waals surface area contributed by atoms with Crippen LogP contribution in [-0.4, -0.2) is 56.2 Å². The van der Waals surface area contributed by atoms with E-state index in [0.717, 1.165) is 25.1 Å². The van der Waals surface area contributed by atoms with Crippen molar-refractivity contribution >= 4 is 29.1 Å². The first-order valence-electron chi connectivity index (χ1n) is 10.3. The highest BCUT2D eigenvalue weighted by molar-refractivity contribution is 6.21. The van der Waals surface area contributed by atoms with Gasteiger partial charge in [0.25, 0.3) is 5.91 Å². The van der Waals surface area contributed by atoms with Gasteiger partial charge in [0, 0.05) is 19.3 Å². The van der Waals surface area contributed by atoms with E-state index < -0.39 is 0 Å². The molecule has 1 atom stereocenters. The van der Waals surface area contributed by atoms with Crippen molar-refractivity contribution < 1.29 is 4.79 Å². The summed E-state index contributed by atoms with van der Waals surface area (Å²) < 4.78 is 1.63. The molecule has 10 nitrogen and oxygen atoms in total. The normalized spacial score (nSPS) is 19.2. The predicted octanol–water partition coefficient (Wildman–Crippen LogP) is 2.34. The molecule has 0 unspecified atom stereocenters. The molecular formula is C20H27N9O. The lowest BCUT2D eigenvalue weighted by atomic mass is 10.0. The summed E-state index contributed by atoms with van der Waals surface area (Å²) in [4.78, 5) is 29.2. The molecule has 2 aromatic heterocycles. The minimum atomic E-state index is -0.274. The SMILES string of the molecule is CC[C@@H]1C(=N)N(C(C)=N)c2cnc(-n3cnc(C(=O)NC)c3)nc2N1C1CCCC1. The first-order valence-corrected chi connectivity index (χ1v) is 10.3. The number of rotatable bonds is 4. The number of carbonyl (C=O) groups excluding carboxylic acids is 1. The number of carbonyl (C=O) groups is 1. The highest BCUT2D eigenvalue weighted by Gasteiger charge is 2.41. The second-order valence-corrected chi connectivity index (χ2v) is 7.70. The van der Waals surface area contributed by atoms with Crippen LogP contribution in [0.4, 0.5) is 11.5 Å². The van der Waals surface area contributed by atoms with Crippen LogP contribution in [0.3, 0.4) is 0 Å². The van der Waals surface area contributed by atoms with E-state index in [0.29, 0.717) is 23.5 Å². The molecule has 1 saturated carbocycles. The smallest absolute Gasteiger partial charge is 0.271 e. The van der Waals surface area contributed by atoms with E-state index in [1.54, 1.807) is 35.8 Å². The second-order valence-electron chi connectivity index (χ2n) is 7.70. The highest BCUT2D eigenvalue weighted by atomic mass is 16.1. The predicted molar refractivity (Wildman–Crippen MR) is 115 cm³/mol. The standard InChI is InChI=1S/C20H27N9O/c1-4-15-17(22)28(12(2)21)16-9-24-20(27-10-14(25-11-27)19(30)23-3)26-18(16)29(15)13-7-5-6-8-13/h9-11,13,15,21-22H,4-8H2,1-3H3,(H,23,30)/t15-/m1/s1. The van der Waals surface area contributed by atoms with Crippen LogP contribution < -0.4 is 15.1 Å². The van der Waals surface area contributed by atoms with Crippen molar-refractivity contribution in [3.05, 3.63) is 24.4 Å². The van der Waals surface area contributed by atoms with Gasteiger partial charge < -0.3 is 10.2 Å². The Labute approximate surface area is 175 Å². The Morgan fingerprint density at radius 3 is 2.67 bits per heavy atom. The Kier molecular flexibility index (Phi) is 5.23. The molecule has 1 aliphatic carbocycles. The number of anilines is 2. The molecule has 3 heterocycles. The van der Waals surface area contributed by atoms with Crippen molar-refractivity contribution in [1.29, 1.82) is 10.8 Å². The van der Waals surface area contributed by atoms with E-state index in [4.69, 9.17) is 15.8 Å². The molecule has 1 fully saturated rings. The Morgan fingerprint density at radius 1 is 1.30 bits per heavy atom. The zero-order valence-corrected chi connectivity index (χ0v) is 17.5. The maximum atomic E-state index is 11.9. The fourth-order valence-electron chi connectivity index (χ4n) is 4.43. The molecule has 4 rings (SSSR count). The minimum absolute atomic E-state index is 0.145. The number of nitrogens with one attached hydrogen (secondary N) is 3. The van der Waals surface area contributed by atoms with Crippen LogP contribution in [0.5, 0.6) is 0 Å². The monoisotopic (exact) mass is 409 g/mol. The molecule has 3 N–H and O–H groups in total. The van der Waals surface area contributed by atoms with Crippen LogP contribution in [0.2, 0.25) is 0 Å². The molecule has 0 saturated heterocycles. The fourth-order valence-corrected chi connectivity index (χ4v) is 4.43. The number of hydrogen-bond acceptors (Lipinski definition) is 7. The van der Waals surface area contributed by atoms with Gasteiger partial charge in [-0.2, -0.15) is 4.98 Å². The van der Waals surface area contributed by atoms with Crippen molar-refractivity contribution in [2.24, 2.45) is 0 Å². The van der Waals surface area contributed by atoms with E-state index in [1.807, 2.05) is 0 Å². The van der Waals surface area contributed by atoms with E-state index in [9.17, 15) is 4.79 Å². The van der Waals surface area contributed by atoms with Gasteiger partial charge in [0.15, 0.2) is 5.82 Å². The van der Waals surface area contributed by atoms with Crippen LogP contribution in [0.25, 0.3) is 5.95 Å². The van der Waals surface area contributed by atoms with Crippen molar-refractivity contribution in [2.45, 2.75) is 58.0 Å². The third-order valence-electron chi connectivity index (χ3n) is 5.83. The number of amidine groups is 2. The Bertz CT molecular complexity index is 992. The Hall–Kier alpha value is -3.30. The van der Waals surface area contributed by atoms with Gasteiger partial charge in [0.05, 0.1) is 12.2 Å². The first-order chi connectivity index (χ1) is 14.5. The Morgan fingerprint density at radius 2 is 2.03 bits per heavy atom. The summed E-state index contributed by atoms with van der Waals surface area (Å²) in [6.45, 7) is 3.74. The number of hydrogen-bond donors (Lipinski definition) is 3. The lowest BCUT2D eigenvalue weighted by Crippen LogP contribution is -2.57. The number of fused-ring (bicyclic) bond motifs is 1. The first kappa shape index (κ1) is 20.0. The molecule has 2 aliphatic rings. The van der Waals surface area contributed by atoms with Gasteiger partial charge in [-0.25, -0.2) is 9.97 Å². The molecular weight excluding hydrogens is 382 g/mol. The molecule has 10 heteroatoms. The number of aromatic nitrogens is 4. The highest BCUT2D eigenvalue weighted by Crippen LogP contribution is 2.40. The average molecular weight is 409 g/mol. The lowest BCUT2D eigenvalue weighted by Gasteiger charge is -2.45. The van der Waals surface area contributed by atoms with Gasteiger partial charge in [0.2, 0.25) is 5.95 Å². The zero-order valence-electron chi connectivity index (χ0n) is 17.5. The second kappa shape index (κ2) is 7.85. The van der Waals surface area contributed by atoms with E-state index in [1.165, 1.54) is 19.2 Å². The Balaban J connectivity index is 1.83. The summed E-state index contributed by atoms with van der Waals surface area (Å²) in [6.07, 6.45) is 10.0. The summed E-state index contributed by atoms with van der Waals surface area (Å²) in [5, 5.41) is 19.6. The number of nitrogens with zero attached hydrogens (tertiary/aromatic N) is 6. The fraction of sp³-hybridized carbons (Fsp3) is 0.500. The molecule has 1 aliphatic heterocycles. The molecule has 158 valence electrons. The molecule has 0 radical (unpaired) electrons. The molecule has 0 aromatic carbocycles. The molecule has 30 heavy (non-hydrogen) atoms. The summed E-state index contributed by atoms with van der Waals surface area (Å²) in [6, 6.07) is 0.169. The van der Waals surface area contributed by atoms with E-state index in [2.05, 4.69) is 27.1 Å². The largest absolute Gasteiger partial charge is 0.354 e. The maximum Gasteiger partial charge on any atom is 0.271 e. The third-order valence-corrected chi connectivity index (χ3v) is 5.83. The van der Waals surface area contributed by atoms with Crippen molar-refractivity contribution in [3.8, 4) is 5.95 Å². The van der Waals surface area contributed by atoms with Gasteiger partial charge in [-0.15, -0.1) is 0 Å². The molecule has 1 amide bonds. The zero-order chi connectivity index (χ0) is 21.4. The molecule has 2 aromatic rings. The third kappa shape index (κ3) is 3.21. The van der Waals surface area contributed by atoms with Crippen LogP contribution >= 0.6 is 0 Å². The van der Waals surface area contributed by atoms with Gasteiger partial charge in [-0.1, -0.05) is 19.8 Å². The minimum Gasteiger partial charge on any atom is -0.354 e. The van der Waals surface area contributed by atoms with Crippen LogP contribution in [0.15, 0.2) is 18.7 Å². The summed E-state index contributed by atoms with van der Waals surface area (Å²) >= 11 is 0. The van der Waals surface area contributed by atoms with Crippen LogP contribution in [0, 0.1) is 10.8 Å². The van der Waals surface area contributed by atoms with Crippen LogP contribution in [-0.2, 0) is 0 Å². The average Bonchev–Trinajstić information content (AvgIpc) is 3.43. The topological polar surface area (TPSA) is 127 Å². The van der Waals surface area contributed by atoms with Crippen molar-refractivity contribution in [3.63, 3.8) is 0 Å². The molecule has 0 bridgehead atoms. The maximum absolute atomic E-state index is 11.9. The quantitative estimate of drug-likeness (QED) is 0.525. The summed E-state index contributed by atoms with van der Waals surface area (Å²) in [5.41, 5.74) is 0.941. The van der Waals surface area contributed by atoms with Gasteiger partial charge in [-0.05, 0) is 26.2 Å². The van der Waals surface area contributed by atoms with Gasteiger partial charge >= 0.3 is 0 Å². The van der Waals surface area contributed by atoms with Crippen LogP contribution in [0.1, 0.15) is 56.4 Å². The summed E-state index contributed by atoms with van der Waals surface area (Å²) in [7, 11) is 1.56. The van der Waals surface area contributed by atoms with Gasteiger partial charge in [-0.3, -0.25) is 25.1 Å². The van der Waals surface area contributed by atoms with Crippen molar-refractivity contribution in [1.82, 2.24) is 24.8 Å². The van der Waals surface area contributed by atoms with Gasteiger partial charge in [0.1, 0.15) is 29.4 Å². The number of amides is 1. The summed E-state index contributed by atoms with van der Waals surface area (Å²) in [5.74, 6) is 1.53.